The molecule has 0 saturated carbocycles. The number of quaternary nitrogens is 1. The molecule has 5 heteroatoms. The Labute approximate surface area is 127 Å². The van der Waals surface area contributed by atoms with Crippen molar-refractivity contribution in [1.82, 2.24) is 5.32 Å². The van der Waals surface area contributed by atoms with Crippen molar-refractivity contribution in [3.8, 4) is 11.5 Å². The predicted molar refractivity (Wildman–Crippen MR) is 83.1 cm³/mol. The number of likely N-dealkylation sites (N-methyl/N-ethyl adjacent to an activating group) is 2. The molecule has 1 aromatic rings. The SMILES string of the molecule is CCNC(=O)[C@@H](C)[NH+](C)CCc1ccc(OC)c(OC)c1. The monoisotopic (exact) mass is 295 g/mol. The molecule has 2 N–H and O–H groups in total. The molecule has 118 valence electrons. The third kappa shape index (κ3) is 4.93. The van der Waals surface area contributed by atoms with Gasteiger partial charge in [0.05, 0.1) is 27.8 Å². The van der Waals surface area contributed by atoms with Gasteiger partial charge in [-0.3, -0.25) is 4.79 Å². The van der Waals surface area contributed by atoms with Gasteiger partial charge < -0.3 is 19.7 Å². The molecular weight excluding hydrogens is 268 g/mol. The van der Waals surface area contributed by atoms with Gasteiger partial charge in [0.1, 0.15) is 0 Å². The minimum Gasteiger partial charge on any atom is -0.493 e. The maximum Gasteiger partial charge on any atom is 0.277 e. The lowest BCUT2D eigenvalue weighted by Crippen LogP contribution is -3.14. The smallest absolute Gasteiger partial charge is 0.277 e. The van der Waals surface area contributed by atoms with E-state index in [1.54, 1.807) is 14.2 Å². The zero-order valence-corrected chi connectivity index (χ0v) is 13.7. The van der Waals surface area contributed by atoms with Crippen LogP contribution in [0.4, 0.5) is 0 Å². The van der Waals surface area contributed by atoms with Crippen molar-refractivity contribution >= 4 is 5.91 Å². The van der Waals surface area contributed by atoms with E-state index in [9.17, 15) is 4.79 Å². The normalized spacial score (nSPS) is 13.4. The van der Waals surface area contributed by atoms with E-state index >= 15 is 0 Å². The van der Waals surface area contributed by atoms with E-state index in [1.807, 2.05) is 39.1 Å². The average Bonchev–Trinajstić information content (AvgIpc) is 2.51. The largest absolute Gasteiger partial charge is 0.493 e. The van der Waals surface area contributed by atoms with Gasteiger partial charge in [-0.15, -0.1) is 0 Å². The summed E-state index contributed by atoms with van der Waals surface area (Å²) in [5.74, 6) is 1.57. The number of amides is 1. The topological polar surface area (TPSA) is 52.0 Å². The van der Waals surface area contributed by atoms with Crippen LogP contribution >= 0.6 is 0 Å². The summed E-state index contributed by atoms with van der Waals surface area (Å²) < 4.78 is 10.5. The summed E-state index contributed by atoms with van der Waals surface area (Å²) in [5, 5.41) is 2.86. The van der Waals surface area contributed by atoms with Crippen LogP contribution in [0.15, 0.2) is 18.2 Å². The Bertz CT molecular complexity index is 463. The molecule has 0 radical (unpaired) electrons. The Kier molecular flexibility index (Phi) is 7.02. The van der Waals surface area contributed by atoms with Crippen molar-refractivity contribution in [2.24, 2.45) is 0 Å². The molecule has 21 heavy (non-hydrogen) atoms. The maximum atomic E-state index is 11.8. The van der Waals surface area contributed by atoms with E-state index < -0.39 is 0 Å². The number of methoxy groups -OCH3 is 2. The molecule has 1 amide bonds. The number of ether oxygens (including phenoxy) is 2. The quantitative estimate of drug-likeness (QED) is 0.724. The van der Waals surface area contributed by atoms with E-state index in [-0.39, 0.29) is 11.9 Å². The van der Waals surface area contributed by atoms with Gasteiger partial charge in [-0.25, -0.2) is 0 Å². The Morgan fingerprint density at radius 3 is 2.52 bits per heavy atom. The minimum absolute atomic E-state index is 0.0508. The van der Waals surface area contributed by atoms with E-state index in [4.69, 9.17) is 9.47 Å². The van der Waals surface area contributed by atoms with Gasteiger partial charge in [-0.1, -0.05) is 6.07 Å². The molecule has 0 fully saturated rings. The van der Waals surface area contributed by atoms with Crippen LogP contribution in [0.3, 0.4) is 0 Å². The van der Waals surface area contributed by atoms with Crippen LogP contribution in [0.1, 0.15) is 19.4 Å². The predicted octanol–water partition coefficient (Wildman–Crippen LogP) is 0.286. The van der Waals surface area contributed by atoms with Gasteiger partial charge >= 0.3 is 0 Å². The van der Waals surface area contributed by atoms with Gasteiger partial charge in [-0.2, -0.15) is 0 Å². The number of carbonyl (C=O) groups is 1. The maximum absolute atomic E-state index is 11.8. The lowest BCUT2D eigenvalue weighted by atomic mass is 10.1. The average molecular weight is 295 g/mol. The third-order valence-electron chi connectivity index (χ3n) is 3.74. The molecule has 0 saturated heterocycles. The highest BCUT2D eigenvalue weighted by atomic mass is 16.5. The number of nitrogens with one attached hydrogen (secondary N) is 2. The van der Waals surface area contributed by atoms with Crippen LogP contribution in [0.5, 0.6) is 11.5 Å². The summed E-state index contributed by atoms with van der Waals surface area (Å²) in [7, 11) is 5.31. The Hall–Kier alpha value is -1.75. The van der Waals surface area contributed by atoms with E-state index in [0.717, 1.165) is 24.5 Å². The molecule has 0 spiro atoms. The number of rotatable bonds is 8. The third-order valence-corrected chi connectivity index (χ3v) is 3.74. The molecule has 1 unspecified atom stereocenters. The summed E-state index contributed by atoms with van der Waals surface area (Å²) in [4.78, 5) is 13.0. The number of hydrogen-bond donors (Lipinski definition) is 2. The second kappa shape index (κ2) is 8.52. The molecule has 1 rings (SSSR count). The van der Waals surface area contributed by atoms with Gasteiger partial charge in [0, 0.05) is 13.0 Å². The summed E-state index contributed by atoms with van der Waals surface area (Å²) in [6.07, 6.45) is 0.885. The summed E-state index contributed by atoms with van der Waals surface area (Å²) in [5.41, 5.74) is 1.18. The summed E-state index contributed by atoms with van der Waals surface area (Å²) >= 11 is 0. The first-order valence-corrected chi connectivity index (χ1v) is 7.34. The number of carbonyl (C=O) groups excluding carboxylic acids is 1. The van der Waals surface area contributed by atoms with Crippen molar-refractivity contribution in [2.45, 2.75) is 26.3 Å². The number of hydrogen-bond acceptors (Lipinski definition) is 3. The zero-order valence-electron chi connectivity index (χ0n) is 13.7. The second-order valence-corrected chi connectivity index (χ2v) is 5.15. The molecule has 0 aliphatic carbocycles. The molecule has 0 aliphatic rings. The van der Waals surface area contributed by atoms with Crippen LogP contribution in [-0.2, 0) is 11.2 Å². The fourth-order valence-corrected chi connectivity index (χ4v) is 2.15. The molecule has 0 aromatic heterocycles. The second-order valence-electron chi connectivity index (χ2n) is 5.15. The van der Waals surface area contributed by atoms with Crippen molar-refractivity contribution in [3.05, 3.63) is 23.8 Å². The molecular formula is C16H27N2O3+. The Balaban J connectivity index is 2.60. The first kappa shape index (κ1) is 17.3. The molecule has 2 atom stereocenters. The van der Waals surface area contributed by atoms with E-state index in [2.05, 4.69) is 5.32 Å². The lowest BCUT2D eigenvalue weighted by molar-refractivity contribution is -0.894. The van der Waals surface area contributed by atoms with Gasteiger partial charge in [0.25, 0.3) is 5.91 Å². The fourth-order valence-electron chi connectivity index (χ4n) is 2.15. The highest BCUT2D eigenvalue weighted by Crippen LogP contribution is 2.27. The van der Waals surface area contributed by atoms with E-state index in [0.29, 0.717) is 6.54 Å². The molecule has 0 heterocycles. The highest BCUT2D eigenvalue weighted by Gasteiger charge is 2.20. The standard InChI is InChI=1S/C16H26N2O3/c1-6-17-16(19)12(2)18(3)10-9-13-7-8-14(20-4)15(11-13)21-5/h7-8,11-12H,6,9-10H2,1-5H3,(H,17,19)/p+1/t12-/m1/s1. The molecule has 1 aromatic carbocycles. The highest BCUT2D eigenvalue weighted by molar-refractivity contribution is 5.79. The van der Waals surface area contributed by atoms with Crippen LogP contribution in [0.25, 0.3) is 0 Å². The minimum atomic E-state index is -0.0508. The van der Waals surface area contributed by atoms with Gasteiger partial charge in [0.15, 0.2) is 17.5 Å². The van der Waals surface area contributed by atoms with Crippen LogP contribution in [0, 0.1) is 0 Å². The van der Waals surface area contributed by atoms with Crippen LogP contribution < -0.4 is 19.7 Å². The summed E-state index contributed by atoms with van der Waals surface area (Å²) in [6, 6.07) is 5.88. The Morgan fingerprint density at radius 2 is 1.95 bits per heavy atom. The van der Waals surface area contributed by atoms with E-state index in [1.165, 1.54) is 10.5 Å². The van der Waals surface area contributed by atoms with Crippen LogP contribution in [0.2, 0.25) is 0 Å². The summed E-state index contributed by atoms with van der Waals surface area (Å²) in [6.45, 7) is 5.44. The first-order valence-electron chi connectivity index (χ1n) is 7.34. The van der Waals surface area contributed by atoms with Crippen molar-refractivity contribution in [2.75, 3.05) is 34.4 Å². The Morgan fingerprint density at radius 1 is 1.29 bits per heavy atom. The van der Waals surface area contributed by atoms with Crippen LogP contribution in [-0.4, -0.2) is 46.3 Å². The van der Waals surface area contributed by atoms with Gasteiger partial charge in [0.2, 0.25) is 0 Å². The molecule has 5 nitrogen and oxygen atoms in total. The zero-order chi connectivity index (χ0) is 15.8. The molecule has 0 aliphatic heterocycles. The fraction of sp³-hybridized carbons (Fsp3) is 0.562. The van der Waals surface area contributed by atoms with Crippen molar-refractivity contribution in [3.63, 3.8) is 0 Å². The first-order chi connectivity index (χ1) is 10.0. The van der Waals surface area contributed by atoms with Crippen molar-refractivity contribution in [1.29, 1.82) is 0 Å². The molecule has 0 bridgehead atoms. The number of benzene rings is 1. The van der Waals surface area contributed by atoms with Gasteiger partial charge in [-0.05, 0) is 31.5 Å². The lowest BCUT2D eigenvalue weighted by Gasteiger charge is -2.21. The van der Waals surface area contributed by atoms with Crippen molar-refractivity contribution < 1.29 is 19.2 Å².